The lowest BCUT2D eigenvalue weighted by Crippen LogP contribution is -2.16. The Labute approximate surface area is 202 Å². The number of rotatable bonds is 8. The normalized spacial score (nSPS) is 10.8. The maximum absolute atomic E-state index is 12.7. The third kappa shape index (κ3) is 5.74. The van der Waals surface area contributed by atoms with Crippen LogP contribution in [0.5, 0.6) is 0 Å². The molecule has 0 saturated heterocycles. The smallest absolute Gasteiger partial charge is 0.234 e. The average molecular weight is 478 g/mol. The molecule has 33 heavy (non-hydrogen) atoms. The summed E-state index contributed by atoms with van der Waals surface area (Å²) in [5, 5.41) is 16.5. The minimum Gasteiger partial charge on any atom is -0.378 e. The molecular formula is C25H24ClN5OS. The summed E-state index contributed by atoms with van der Waals surface area (Å²) < 4.78 is 1.97. The van der Waals surface area contributed by atoms with Crippen molar-refractivity contribution in [2.45, 2.75) is 25.5 Å². The predicted octanol–water partition coefficient (Wildman–Crippen LogP) is 5.88. The van der Waals surface area contributed by atoms with Crippen LogP contribution in [0.2, 0.25) is 5.02 Å². The van der Waals surface area contributed by atoms with Crippen molar-refractivity contribution in [3.05, 3.63) is 94.8 Å². The van der Waals surface area contributed by atoms with Crippen molar-refractivity contribution in [1.82, 2.24) is 14.8 Å². The van der Waals surface area contributed by atoms with E-state index in [1.807, 2.05) is 91.2 Å². The standard InChI is InChI=1S/C25H24ClN5OS/c1-17-7-6-8-18(2)24(17)28-23(32)16-33-25-30-29-22(31(25)21-9-4-3-5-10-21)15-27-20-13-11-19(26)12-14-20/h3-14,27H,15-16H2,1-2H3,(H,28,32). The largest absolute Gasteiger partial charge is 0.378 e. The highest BCUT2D eigenvalue weighted by atomic mass is 35.5. The molecule has 1 amide bonds. The van der Waals surface area contributed by atoms with E-state index in [-0.39, 0.29) is 11.7 Å². The number of benzene rings is 3. The van der Waals surface area contributed by atoms with Gasteiger partial charge < -0.3 is 10.6 Å². The third-order valence-corrected chi connectivity index (χ3v) is 6.27. The van der Waals surface area contributed by atoms with Crippen LogP contribution >= 0.6 is 23.4 Å². The summed E-state index contributed by atoms with van der Waals surface area (Å²) in [4.78, 5) is 12.7. The first kappa shape index (κ1) is 22.9. The van der Waals surface area contributed by atoms with Crippen molar-refractivity contribution >= 4 is 40.6 Å². The molecule has 1 heterocycles. The van der Waals surface area contributed by atoms with E-state index in [1.54, 1.807) is 0 Å². The molecule has 0 saturated carbocycles. The first-order chi connectivity index (χ1) is 16.0. The number of hydrogen-bond donors (Lipinski definition) is 2. The highest BCUT2D eigenvalue weighted by Crippen LogP contribution is 2.24. The third-order valence-electron chi connectivity index (χ3n) is 5.09. The van der Waals surface area contributed by atoms with Crippen LogP contribution in [-0.4, -0.2) is 26.4 Å². The fourth-order valence-electron chi connectivity index (χ4n) is 3.41. The molecule has 3 aromatic carbocycles. The van der Waals surface area contributed by atoms with Gasteiger partial charge in [-0.1, -0.05) is 59.8 Å². The summed E-state index contributed by atoms with van der Waals surface area (Å²) in [6.07, 6.45) is 0. The van der Waals surface area contributed by atoms with E-state index in [9.17, 15) is 4.79 Å². The van der Waals surface area contributed by atoms with Gasteiger partial charge in [0.05, 0.1) is 12.3 Å². The van der Waals surface area contributed by atoms with Crippen LogP contribution in [0.1, 0.15) is 17.0 Å². The summed E-state index contributed by atoms with van der Waals surface area (Å²) in [7, 11) is 0. The number of thioether (sulfide) groups is 1. The van der Waals surface area contributed by atoms with E-state index in [0.29, 0.717) is 16.7 Å². The van der Waals surface area contributed by atoms with E-state index in [1.165, 1.54) is 11.8 Å². The minimum absolute atomic E-state index is 0.0825. The van der Waals surface area contributed by atoms with Crippen molar-refractivity contribution in [2.75, 3.05) is 16.4 Å². The molecule has 0 spiro atoms. The Hall–Kier alpha value is -3.29. The lowest BCUT2D eigenvalue weighted by molar-refractivity contribution is -0.113. The van der Waals surface area contributed by atoms with Crippen LogP contribution < -0.4 is 10.6 Å². The number of amides is 1. The van der Waals surface area contributed by atoms with Gasteiger partial charge in [-0.25, -0.2) is 0 Å². The zero-order chi connectivity index (χ0) is 23.2. The number of para-hydroxylation sites is 2. The van der Waals surface area contributed by atoms with Gasteiger partial charge in [-0.3, -0.25) is 9.36 Å². The Morgan fingerprint density at radius 1 is 0.939 bits per heavy atom. The van der Waals surface area contributed by atoms with Crippen molar-refractivity contribution in [2.24, 2.45) is 0 Å². The minimum atomic E-state index is -0.0825. The molecule has 0 unspecified atom stereocenters. The quantitative estimate of drug-likeness (QED) is 0.310. The number of halogens is 1. The average Bonchev–Trinajstić information content (AvgIpc) is 3.23. The number of anilines is 2. The maximum atomic E-state index is 12.7. The fourth-order valence-corrected chi connectivity index (χ4v) is 4.31. The van der Waals surface area contributed by atoms with E-state index in [0.717, 1.165) is 34.0 Å². The van der Waals surface area contributed by atoms with Gasteiger partial charge in [-0.15, -0.1) is 10.2 Å². The molecule has 0 atom stereocenters. The Kier molecular flexibility index (Phi) is 7.32. The SMILES string of the molecule is Cc1cccc(C)c1NC(=O)CSc1nnc(CNc2ccc(Cl)cc2)n1-c1ccccc1. The number of nitrogens with one attached hydrogen (secondary N) is 2. The van der Waals surface area contributed by atoms with E-state index in [4.69, 9.17) is 11.6 Å². The van der Waals surface area contributed by atoms with Gasteiger partial charge in [-0.2, -0.15) is 0 Å². The number of hydrogen-bond acceptors (Lipinski definition) is 5. The van der Waals surface area contributed by atoms with Crippen molar-refractivity contribution in [3.8, 4) is 5.69 Å². The monoisotopic (exact) mass is 477 g/mol. The zero-order valence-electron chi connectivity index (χ0n) is 18.4. The summed E-state index contributed by atoms with van der Waals surface area (Å²) in [6, 6.07) is 23.3. The highest BCUT2D eigenvalue weighted by molar-refractivity contribution is 7.99. The number of carbonyl (C=O) groups is 1. The van der Waals surface area contributed by atoms with Crippen LogP contribution in [0.4, 0.5) is 11.4 Å². The molecule has 0 aliphatic rings. The van der Waals surface area contributed by atoms with E-state index >= 15 is 0 Å². The van der Waals surface area contributed by atoms with Gasteiger partial charge in [0.25, 0.3) is 0 Å². The van der Waals surface area contributed by atoms with E-state index in [2.05, 4.69) is 20.8 Å². The first-order valence-corrected chi connectivity index (χ1v) is 11.9. The fraction of sp³-hybridized carbons (Fsp3) is 0.160. The zero-order valence-corrected chi connectivity index (χ0v) is 20.0. The molecule has 4 aromatic rings. The van der Waals surface area contributed by atoms with Crippen LogP contribution in [-0.2, 0) is 11.3 Å². The molecule has 6 nitrogen and oxygen atoms in total. The molecule has 4 rings (SSSR count). The van der Waals surface area contributed by atoms with Gasteiger partial charge in [0.15, 0.2) is 11.0 Å². The second-order valence-electron chi connectivity index (χ2n) is 7.53. The van der Waals surface area contributed by atoms with Crippen LogP contribution in [0.25, 0.3) is 5.69 Å². The molecule has 0 bridgehead atoms. The van der Waals surface area contributed by atoms with Gasteiger partial charge in [0.1, 0.15) is 0 Å². The van der Waals surface area contributed by atoms with Gasteiger partial charge in [-0.05, 0) is 61.4 Å². The van der Waals surface area contributed by atoms with Gasteiger partial charge in [0.2, 0.25) is 5.91 Å². The molecule has 168 valence electrons. The number of nitrogens with zero attached hydrogens (tertiary/aromatic N) is 3. The van der Waals surface area contributed by atoms with Crippen LogP contribution in [0.15, 0.2) is 78.0 Å². The number of aromatic nitrogens is 3. The predicted molar refractivity (Wildman–Crippen MR) is 135 cm³/mol. The highest BCUT2D eigenvalue weighted by Gasteiger charge is 2.16. The summed E-state index contributed by atoms with van der Waals surface area (Å²) in [6.45, 7) is 4.45. The van der Waals surface area contributed by atoms with Crippen molar-refractivity contribution in [3.63, 3.8) is 0 Å². The molecule has 2 N–H and O–H groups in total. The summed E-state index contributed by atoms with van der Waals surface area (Å²) in [5.41, 5.74) is 4.81. The Morgan fingerprint density at radius 3 is 2.33 bits per heavy atom. The van der Waals surface area contributed by atoms with Crippen molar-refractivity contribution in [1.29, 1.82) is 0 Å². The lowest BCUT2D eigenvalue weighted by Gasteiger charge is -2.13. The van der Waals surface area contributed by atoms with Gasteiger partial charge >= 0.3 is 0 Å². The molecule has 1 aromatic heterocycles. The second-order valence-corrected chi connectivity index (χ2v) is 8.91. The van der Waals surface area contributed by atoms with Crippen LogP contribution in [0, 0.1) is 13.8 Å². The Balaban J connectivity index is 1.50. The topological polar surface area (TPSA) is 71.8 Å². The van der Waals surface area contributed by atoms with Gasteiger partial charge in [0, 0.05) is 22.1 Å². The lowest BCUT2D eigenvalue weighted by atomic mass is 10.1. The molecule has 0 radical (unpaired) electrons. The van der Waals surface area contributed by atoms with E-state index < -0.39 is 0 Å². The second kappa shape index (κ2) is 10.6. The summed E-state index contributed by atoms with van der Waals surface area (Å²) >= 11 is 7.33. The Bertz CT molecular complexity index is 1220. The first-order valence-electron chi connectivity index (χ1n) is 10.5. The Morgan fingerprint density at radius 2 is 1.64 bits per heavy atom. The summed E-state index contributed by atoms with van der Waals surface area (Å²) in [5.74, 6) is 0.887. The molecule has 0 aliphatic heterocycles. The molecule has 0 aliphatic carbocycles. The molecule has 0 fully saturated rings. The maximum Gasteiger partial charge on any atom is 0.234 e. The van der Waals surface area contributed by atoms with Crippen LogP contribution in [0.3, 0.4) is 0 Å². The number of carbonyl (C=O) groups excluding carboxylic acids is 1. The number of aryl methyl sites for hydroxylation is 2. The van der Waals surface area contributed by atoms with Crippen molar-refractivity contribution < 1.29 is 4.79 Å². The molecule has 8 heteroatoms. The molecular weight excluding hydrogens is 454 g/mol.